The molecular formula is C11H20N4O. The summed E-state index contributed by atoms with van der Waals surface area (Å²) in [6.07, 6.45) is 6.90. The molecule has 1 amide bonds. The van der Waals surface area contributed by atoms with E-state index in [9.17, 15) is 4.79 Å². The van der Waals surface area contributed by atoms with E-state index in [0.717, 1.165) is 6.42 Å². The van der Waals surface area contributed by atoms with Crippen molar-refractivity contribution in [2.24, 2.45) is 5.73 Å². The number of imidazole rings is 1. The van der Waals surface area contributed by atoms with Crippen LogP contribution in [0.2, 0.25) is 0 Å². The number of aromatic nitrogens is 2. The van der Waals surface area contributed by atoms with Crippen molar-refractivity contribution in [3.8, 4) is 0 Å². The van der Waals surface area contributed by atoms with E-state index in [2.05, 4.69) is 10.3 Å². The van der Waals surface area contributed by atoms with E-state index < -0.39 is 5.54 Å². The molecule has 1 unspecified atom stereocenters. The Kier molecular flexibility index (Phi) is 4.49. The number of hydrogen-bond donors (Lipinski definition) is 2. The number of nitrogens with two attached hydrogens (primary N) is 1. The Hall–Kier alpha value is -1.36. The average Bonchev–Trinajstić information content (AvgIpc) is 2.70. The van der Waals surface area contributed by atoms with Gasteiger partial charge in [-0.1, -0.05) is 13.3 Å². The highest BCUT2D eigenvalue weighted by Crippen LogP contribution is 2.07. The van der Waals surface area contributed by atoms with Gasteiger partial charge in [0.2, 0.25) is 5.91 Å². The van der Waals surface area contributed by atoms with Crippen molar-refractivity contribution < 1.29 is 4.79 Å². The Morgan fingerprint density at radius 2 is 2.38 bits per heavy atom. The molecule has 5 nitrogen and oxygen atoms in total. The smallest absolute Gasteiger partial charge is 0.239 e. The summed E-state index contributed by atoms with van der Waals surface area (Å²) in [6, 6.07) is 0. The lowest BCUT2D eigenvalue weighted by atomic mass is 9.97. The van der Waals surface area contributed by atoms with Crippen molar-refractivity contribution in [2.75, 3.05) is 6.54 Å². The first-order valence-electron chi connectivity index (χ1n) is 5.59. The second kappa shape index (κ2) is 5.65. The summed E-state index contributed by atoms with van der Waals surface area (Å²) in [5.74, 6) is -0.0885. The molecular weight excluding hydrogens is 204 g/mol. The standard InChI is InChI=1S/C11H20N4O/c1-3-4-11(2,12)10(16)14-6-8-15-7-5-13-9-15/h5,7,9H,3-4,6,8,12H2,1-2H3,(H,14,16). The summed E-state index contributed by atoms with van der Waals surface area (Å²) in [6.45, 7) is 5.08. The molecule has 0 radical (unpaired) electrons. The van der Waals surface area contributed by atoms with Gasteiger partial charge in [0.1, 0.15) is 0 Å². The Labute approximate surface area is 96.0 Å². The van der Waals surface area contributed by atoms with Gasteiger partial charge in [0, 0.05) is 25.5 Å². The summed E-state index contributed by atoms with van der Waals surface area (Å²) in [4.78, 5) is 15.6. The lowest BCUT2D eigenvalue weighted by molar-refractivity contribution is -0.126. The van der Waals surface area contributed by atoms with E-state index in [1.54, 1.807) is 19.4 Å². The molecule has 0 bridgehead atoms. The molecule has 0 saturated heterocycles. The van der Waals surface area contributed by atoms with E-state index in [4.69, 9.17) is 5.73 Å². The monoisotopic (exact) mass is 224 g/mol. The van der Waals surface area contributed by atoms with Gasteiger partial charge in [-0.3, -0.25) is 4.79 Å². The maximum absolute atomic E-state index is 11.7. The molecule has 0 aliphatic heterocycles. The van der Waals surface area contributed by atoms with Gasteiger partial charge < -0.3 is 15.6 Å². The molecule has 0 spiro atoms. The van der Waals surface area contributed by atoms with Crippen molar-refractivity contribution in [1.82, 2.24) is 14.9 Å². The fourth-order valence-electron chi connectivity index (χ4n) is 1.55. The molecule has 0 fully saturated rings. The Morgan fingerprint density at radius 3 is 2.94 bits per heavy atom. The molecule has 0 aliphatic rings. The Morgan fingerprint density at radius 1 is 1.62 bits per heavy atom. The van der Waals surface area contributed by atoms with Crippen LogP contribution in [0.15, 0.2) is 18.7 Å². The normalized spacial score (nSPS) is 14.4. The Balaban J connectivity index is 2.30. The van der Waals surface area contributed by atoms with Crippen molar-refractivity contribution in [3.63, 3.8) is 0 Å². The molecule has 16 heavy (non-hydrogen) atoms. The maximum atomic E-state index is 11.7. The molecule has 0 saturated carbocycles. The molecule has 0 aliphatic carbocycles. The number of carbonyl (C=O) groups excluding carboxylic acids is 1. The summed E-state index contributed by atoms with van der Waals surface area (Å²) >= 11 is 0. The van der Waals surface area contributed by atoms with Crippen LogP contribution in [-0.4, -0.2) is 27.5 Å². The second-order valence-corrected chi connectivity index (χ2v) is 4.22. The second-order valence-electron chi connectivity index (χ2n) is 4.22. The molecule has 3 N–H and O–H groups in total. The summed E-state index contributed by atoms with van der Waals surface area (Å²) in [5.41, 5.74) is 5.14. The van der Waals surface area contributed by atoms with Gasteiger partial charge >= 0.3 is 0 Å². The van der Waals surface area contributed by atoms with Crippen molar-refractivity contribution in [2.45, 2.75) is 38.8 Å². The van der Waals surface area contributed by atoms with E-state index in [-0.39, 0.29) is 5.91 Å². The van der Waals surface area contributed by atoms with Crippen LogP contribution in [0.25, 0.3) is 0 Å². The average molecular weight is 224 g/mol. The highest BCUT2D eigenvalue weighted by molar-refractivity contribution is 5.85. The largest absolute Gasteiger partial charge is 0.353 e. The predicted octanol–water partition coefficient (Wildman–Crippen LogP) is 0.517. The van der Waals surface area contributed by atoms with Gasteiger partial charge in [0.05, 0.1) is 11.9 Å². The first-order valence-corrected chi connectivity index (χ1v) is 5.59. The third-order valence-electron chi connectivity index (χ3n) is 2.50. The van der Waals surface area contributed by atoms with Crippen LogP contribution in [-0.2, 0) is 11.3 Å². The van der Waals surface area contributed by atoms with Crippen LogP contribution < -0.4 is 11.1 Å². The molecule has 1 rings (SSSR count). The fraction of sp³-hybridized carbons (Fsp3) is 0.636. The van der Waals surface area contributed by atoms with Gasteiger partial charge in [-0.2, -0.15) is 0 Å². The van der Waals surface area contributed by atoms with Gasteiger partial charge in [-0.05, 0) is 13.3 Å². The third-order valence-corrected chi connectivity index (χ3v) is 2.50. The van der Waals surface area contributed by atoms with E-state index in [1.165, 1.54) is 0 Å². The number of nitrogens with zero attached hydrogens (tertiary/aromatic N) is 2. The Bertz CT molecular complexity index is 319. The van der Waals surface area contributed by atoms with Gasteiger partial charge in [0.15, 0.2) is 0 Å². The van der Waals surface area contributed by atoms with Crippen molar-refractivity contribution >= 4 is 5.91 Å². The first kappa shape index (κ1) is 12.7. The van der Waals surface area contributed by atoms with E-state index in [1.807, 2.05) is 17.7 Å². The number of rotatable bonds is 6. The van der Waals surface area contributed by atoms with Gasteiger partial charge in [-0.15, -0.1) is 0 Å². The van der Waals surface area contributed by atoms with Crippen LogP contribution in [0.4, 0.5) is 0 Å². The van der Waals surface area contributed by atoms with Crippen LogP contribution in [0.1, 0.15) is 26.7 Å². The van der Waals surface area contributed by atoms with Crippen molar-refractivity contribution in [3.05, 3.63) is 18.7 Å². The lowest BCUT2D eigenvalue weighted by Gasteiger charge is -2.22. The zero-order valence-electron chi connectivity index (χ0n) is 9.94. The number of nitrogens with one attached hydrogen (secondary N) is 1. The minimum atomic E-state index is -0.760. The molecule has 0 aromatic carbocycles. The van der Waals surface area contributed by atoms with E-state index >= 15 is 0 Å². The first-order chi connectivity index (χ1) is 7.56. The highest BCUT2D eigenvalue weighted by atomic mass is 16.2. The summed E-state index contributed by atoms with van der Waals surface area (Å²) in [5, 5.41) is 2.83. The quantitative estimate of drug-likeness (QED) is 0.739. The molecule has 1 aromatic rings. The summed E-state index contributed by atoms with van der Waals surface area (Å²) < 4.78 is 1.91. The minimum Gasteiger partial charge on any atom is -0.353 e. The summed E-state index contributed by atoms with van der Waals surface area (Å²) in [7, 11) is 0. The molecule has 1 heterocycles. The predicted molar refractivity (Wildman–Crippen MR) is 62.7 cm³/mol. The minimum absolute atomic E-state index is 0.0885. The molecule has 5 heteroatoms. The molecule has 90 valence electrons. The van der Waals surface area contributed by atoms with Crippen LogP contribution in [0.3, 0.4) is 0 Å². The van der Waals surface area contributed by atoms with Crippen LogP contribution in [0, 0.1) is 0 Å². The van der Waals surface area contributed by atoms with Gasteiger partial charge in [-0.25, -0.2) is 4.98 Å². The zero-order chi connectivity index (χ0) is 12.0. The van der Waals surface area contributed by atoms with Crippen molar-refractivity contribution in [1.29, 1.82) is 0 Å². The van der Waals surface area contributed by atoms with Crippen LogP contribution in [0.5, 0.6) is 0 Å². The highest BCUT2D eigenvalue weighted by Gasteiger charge is 2.26. The van der Waals surface area contributed by atoms with E-state index in [0.29, 0.717) is 19.5 Å². The molecule has 1 atom stereocenters. The number of hydrogen-bond acceptors (Lipinski definition) is 3. The maximum Gasteiger partial charge on any atom is 0.239 e. The SMILES string of the molecule is CCCC(C)(N)C(=O)NCCn1ccnc1. The lowest BCUT2D eigenvalue weighted by Crippen LogP contribution is -2.52. The topological polar surface area (TPSA) is 72.9 Å². The van der Waals surface area contributed by atoms with Gasteiger partial charge in [0.25, 0.3) is 0 Å². The zero-order valence-corrected chi connectivity index (χ0v) is 9.94. The third kappa shape index (κ3) is 3.66. The van der Waals surface area contributed by atoms with Crippen LogP contribution >= 0.6 is 0 Å². The fourth-order valence-corrected chi connectivity index (χ4v) is 1.55. The molecule has 1 aromatic heterocycles. The number of carbonyl (C=O) groups is 1. The number of amides is 1.